The molecule has 1 atom stereocenters. The summed E-state index contributed by atoms with van der Waals surface area (Å²) < 4.78 is 39.9. The molecule has 138 valence electrons. The Morgan fingerprint density at radius 3 is 2.54 bits per heavy atom. The van der Waals surface area contributed by atoms with Crippen molar-refractivity contribution in [2.75, 3.05) is 11.4 Å². The van der Waals surface area contributed by atoms with Crippen LogP contribution in [0.4, 0.5) is 19.1 Å². The monoisotopic (exact) mass is 365 g/mol. The topological polar surface area (TPSA) is 66.3 Å². The molecule has 0 bridgehead atoms. The van der Waals surface area contributed by atoms with E-state index in [9.17, 15) is 23.1 Å². The lowest BCUT2D eigenvalue weighted by Gasteiger charge is -2.22. The quantitative estimate of drug-likeness (QED) is 0.893. The third kappa shape index (κ3) is 3.63. The number of nitrogens with zero attached hydrogens (tertiary/aromatic N) is 3. The molecule has 1 saturated heterocycles. The zero-order valence-corrected chi connectivity index (χ0v) is 14.1. The van der Waals surface area contributed by atoms with E-state index in [4.69, 9.17) is 0 Å². The largest absolute Gasteiger partial charge is 0.480 e. The minimum absolute atomic E-state index is 0.126. The van der Waals surface area contributed by atoms with Gasteiger partial charge in [0.2, 0.25) is 5.95 Å². The van der Waals surface area contributed by atoms with Crippen LogP contribution < -0.4 is 4.90 Å². The average molecular weight is 365 g/mol. The molecule has 3 rings (SSSR count). The van der Waals surface area contributed by atoms with Gasteiger partial charge in [0.25, 0.3) is 0 Å². The Kier molecular flexibility index (Phi) is 4.84. The number of aliphatic carboxylic acids is 1. The zero-order chi connectivity index (χ0) is 18.9. The van der Waals surface area contributed by atoms with Crippen molar-refractivity contribution in [1.82, 2.24) is 9.97 Å². The SMILES string of the molecule is CCc1ccc(-c2cc(C(F)(F)F)nc(N3CCCC3C(=O)O)n2)cc1. The number of anilines is 1. The molecule has 1 aromatic carbocycles. The van der Waals surface area contributed by atoms with E-state index in [2.05, 4.69) is 9.97 Å². The van der Waals surface area contributed by atoms with E-state index in [1.807, 2.05) is 19.1 Å². The molecule has 8 heteroatoms. The van der Waals surface area contributed by atoms with Gasteiger partial charge in [0.1, 0.15) is 6.04 Å². The van der Waals surface area contributed by atoms with Crippen molar-refractivity contribution in [3.63, 3.8) is 0 Å². The number of carbonyl (C=O) groups is 1. The highest BCUT2D eigenvalue weighted by Gasteiger charge is 2.37. The molecular formula is C18H18F3N3O2. The van der Waals surface area contributed by atoms with E-state index in [-0.39, 0.29) is 11.6 Å². The van der Waals surface area contributed by atoms with E-state index < -0.39 is 23.9 Å². The first-order valence-electron chi connectivity index (χ1n) is 8.34. The van der Waals surface area contributed by atoms with Crippen LogP contribution in [0.5, 0.6) is 0 Å². The lowest BCUT2D eigenvalue weighted by Crippen LogP contribution is -2.37. The summed E-state index contributed by atoms with van der Waals surface area (Å²) >= 11 is 0. The fraction of sp³-hybridized carbons (Fsp3) is 0.389. The summed E-state index contributed by atoms with van der Waals surface area (Å²) in [6.07, 6.45) is -2.90. The molecule has 0 aliphatic carbocycles. The number of hydrogen-bond donors (Lipinski definition) is 1. The lowest BCUT2D eigenvalue weighted by atomic mass is 10.1. The first-order valence-corrected chi connectivity index (χ1v) is 8.34. The van der Waals surface area contributed by atoms with Crippen LogP contribution >= 0.6 is 0 Å². The van der Waals surface area contributed by atoms with Crippen LogP contribution in [-0.2, 0) is 17.4 Å². The molecule has 1 unspecified atom stereocenters. The highest BCUT2D eigenvalue weighted by Crippen LogP contribution is 2.33. The van der Waals surface area contributed by atoms with Gasteiger partial charge in [0, 0.05) is 12.1 Å². The van der Waals surface area contributed by atoms with Crippen molar-refractivity contribution in [3.8, 4) is 11.3 Å². The molecular weight excluding hydrogens is 347 g/mol. The van der Waals surface area contributed by atoms with Gasteiger partial charge in [-0.25, -0.2) is 14.8 Å². The number of aromatic nitrogens is 2. The smallest absolute Gasteiger partial charge is 0.433 e. The minimum atomic E-state index is -4.64. The first-order chi connectivity index (χ1) is 12.3. The Morgan fingerprint density at radius 2 is 1.96 bits per heavy atom. The van der Waals surface area contributed by atoms with Gasteiger partial charge in [0.05, 0.1) is 5.69 Å². The maximum absolute atomic E-state index is 13.3. The normalized spacial score (nSPS) is 17.5. The summed E-state index contributed by atoms with van der Waals surface area (Å²) in [5.74, 6) is -1.28. The molecule has 2 heterocycles. The molecule has 26 heavy (non-hydrogen) atoms. The number of halogens is 3. The van der Waals surface area contributed by atoms with Crippen molar-refractivity contribution in [2.24, 2.45) is 0 Å². The highest BCUT2D eigenvalue weighted by atomic mass is 19.4. The summed E-state index contributed by atoms with van der Waals surface area (Å²) in [7, 11) is 0. The third-order valence-corrected chi connectivity index (χ3v) is 4.46. The Hall–Kier alpha value is -2.64. The molecule has 2 aromatic rings. The molecule has 0 saturated carbocycles. The van der Waals surface area contributed by atoms with E-state index in [1.165, 1.54) is 4.90 Å². The second kappa shape index (κ2) is 6.93. The van der Waals surface area contributed by atoms with E-state index in [1.54, 1.807) is 12.1 Å². The van der Waals surface area contributed by atoms with Crippen LogP contribution in [0.3, 0.4) is 0 Å². The van der Waals surface area contributed by atoms with Gasteiger partial charge in [-0.1, -0.05) is 31.2 Å². The van der Waals surface area contributed by atoms with E-state index >= 15 is 0 Å². The van der Waals surface area contributed by atoms with E-state index in [0.29, 0.717) is 24.9 Å². The maximum Gasteiger partial charge on any atom is 0.433 e. The molecule has 0 amide bonds. The second-order valence-electron chi connectivity index (χ2n) is 6.18. The van der Waals surface area contributed by atoms with Crippen molar-refractivity contribution >= 4 is 11.9 Å². The van der Waals surface area contributed by atoms with Crippen molar-refractivity contribution in [3.05, 3.63) is 41.6 Å². The molecule has 1 fully saturated rings. The van der Waals surface area contributed by atoms with Crippen LogP contribution in [-0.4, -0.2) is 33.6 Å². The number of benzene rings is 1. The predicted octanol–water partition coefficient (Wildman–Crippen LogP) is 3.78. The second-order valence-corrected chi connectivity index (χ2v) is 6.18. The van der Waals surface area contributed by atoms with Crippen molar-refractivity contribution in [1.29, 1.82) is 0 Å². The highest BCUT2D eigenvalue weighted by molar-refractivity contribution is 5.78. The summed E-state index contributed by atoms with van der Waals surface area (Å²) in [4.78, 5) is 20.6. The first kappa shape index (κ1) is 18.2. The Bertz CT molecular complexity index is 806. The molecule has 5 nitrogen and oxygen atoms in total. The van der Waals surface area contributed by atoms with Gasteiger partial charge in [-0.05, 0) is 30.9 Å². The number of aryl methyl sites for hydroxylation is 1. The number of rotatable bonds is 4. The van der Waals surface area contributed by atoms with Crippen LogP contribution in [0.15, 0.2) is 30.3 Å². The van der Waals surface area contributed by atoms with Gasteiger partial charge in [-0.3, -0.25) is 0 Å². The number of carboxylic acids is 1. The fourth-order valence-electron chi connectivity index (χ4n) is 3.03. The Morgan fingerprint density at radius 1 is 1.27 bits per heavy atom. The third-order valence-electron chi connectivity index (χ3n) is 4.46. The van der Waals surface area contributed by atoms with Gasteiger partial charge in [-0.15, -0.1) is 0 Å². The summed E-state index contributed by atoms with van der Waals surface area (Å²) in [5, 5.41) is 9.30. The summed E-state index contributed by atoms with van der Waals surface area (Å²) in [6.45, 7) is 2.30. The fourth-order valence-corrected chi connectivity index (χ4v) is 3.03. The molecule has 1 aliphatic rings. The maximum atomic E-state index is 13.3. The zero-order valence-electron chi connectivity index (χ0n) is 14.1. The van der Waals surface area contributed by atoms with E-state index in [0.717, 1.165) is 18.1 Å². The lowest BCUT2D eigenvalue weighted by molar-refractivity contribution is -0.141. The molecule has 0 radical (unpaired) electrons. The molecule has 1 aliphatic heterocycles. The number of carboxylic acid groups (broad SMARTS) is 1. The van der Waals surface area contributed by atoms with Crippen LogP contribution in [0.25, 0.3) is 11.3 Å². The standard InChI is InChI=1S/C18H18F3N3O2/c1-2-11-5-7-12(8-6-11)13-10-15(18(19,20)21)23-17(22-13)24-9-3-4-14(24)16(25)26/h5-8,10,14H,2-4,9H2,1H3,(H,25,26). The van der Waals surface area contributed by atoms with Gasteiger partial charge < -0.3 is 10.0 Å². The Balaban J connectivity index is 2.08. The minimum Gasteiger partial charge on any atom is -0.480 e. The number of hydrogen-bond acceptors (Lipinski definition) is 4. The van der Waals surface area contributed by atoms with Crippen molar-refractivity contribution < 1.29 is 23.1 Å². The summed E-state index contributed by atoms with van der Waals surface area (Å²) in [6, 6.07) is 7.08. The molecule has 0 spiro atoms. The van der Waals surface area contributed by atoms with Gasteiger partial charge in [0.15, 0.2) is 5.69 Å². The number of alkyl halides is 3. The van der Waals surface area contributed by atoms with Crippen LogP contribution in [0.2, 0.25) is 0 Å². The Labute approximate surface area is 148 Å². The van der Waals surface area contributed by atoms with Crippen LogP contribution in [0.1, 0.15) is 31.0 Å². The molecule has 1 N–H and O–H groups in total. The summed E-state index contributed by atoms with van der Waals surface area (Å²) in [5.41, 5.74) is 0.640. The van der Waals surface area contributed by atoms with Crippen molar-refractivity contribution in [2.45, 2.75) is 38.4 Å². The van der Waals surface area contributed by atoms with Gasteiger partial charge in [-0.2, -0.15) is 13.2 Å². The average Bonchev–Trinajstić information content (AvgIpc) is 3.11. The van der Waals surface area contributed by atoms with Crippen LogP contribution in [0, 0.1) is 0 Å². The van der Waals surface area contributed by atoms with Gasteiger partial charge >= 0.3 is 12.1 Å². The predicted molar refractivity (Wildman–Crippen MR) is 89.9 cm³/mol. The molecule has 1 aromatic heterocycles.